The van der Waals surface area contributed by atoms with E-state index in [9.17, 15) is 4.79 Å². The molecule has 0 aromatic carbocycles. The van der Waals surface area contributed by atoms with Crippen LogP contribution in [0.25, 0.3) is 0 Å². The second-order valence-electron chi connectivity index (χ2n) is 6.65. The molecule has 0 bridgehead atoms. The van der Waals surface area contributed by atoms with Gasteiger partial charge in [-0.05, 0) is 38.8 Å². The molecule has 1 saturated heterocycles. The Kier molecular flexibility index (Phi) is 4.29. The van der Waals surface area contributed by atoms with Crippen molar-refractivity contribution in [1.29, 1.82) is 0 Å². The minimum Gasteiger partial charge on any atom is -0.369 e. The van der Waals surface area contributed by atoms with Crippen LogP contribution in [-0.4, -0.2) is 33.7 Å². The fraction of sp³-hybridized carbons (Fsp3) is 0.750. The molecule has 0 atom stereocenters. The van der Waals surface area contributed by atoms with Crippen LogP contribution in [0.4, 0.5) is 0 Å². The summed E-state index contributed by atoms with van der Waals surface area (Å²) >= 11 is 0. The smallest absolute Gasteiger partial charge is 0.220 e. The Bertz CT molecular complexity index is 496. The number of carbonyl (C=O) groups excluding carboxylic acids is 1. The fourth-order valence-electron chi connectivity index (χ4n) is 3.84. The molecule has 1 amide bonds. The Morgan fingerprint density at radius 1 is 1.29 bits per heavy atom. The van der Waals surface area contributed by atoms with Gasteiger partial charge in [-0.1, -0.05) is 12.8 Å². The predicted octanol–water partition coefficient (Wildman–Crippen LogP) is 1.77. The molecule has 1 aliphatic heterocycles. The van der Waals surface area contributed by atoms with Crippen molar-refractivity contribution in [2.75, 3.05) is 13.1 Å². The van der Waals surface area contributed by atoms with Gasteiger partial charge in [-0.15, -0.1) is 0 Å². The fourth-order valence-corrected chi connectivity index (χ4v) is 3.84. The monoisotopic (exact) mass is 290 g/mol. The van der Waals surface area contributed by atoms with Crippen LogP contribution < -0.4 is 5.73 Å². The standard InChI is InChI=1S/C16H26N4O/c1-19-10-14(15(18-19)12-4-2-3-5-12)11-20-8-6-13(7-9-20)16(17)21/h10,12-13H,2-9,11H2,1H3,(H2,17,21). The van der Waals surface area contributed by atoms with Crippen molar-refractivity contribution in [3.63, 3.8) is 0 Å². The quantitative estimate of drug-likeness (QED) is 0.919. The number of amides is 1. The van der Waals surface area contributed by atoms with E-state index in [1.807, 2.05) is 11.7 Å². The summed E-state index contributed by atoms with van der Waals surface area (Å²) in [5.74, 6) is 0.594. The molecule has 3 rings (SSSR count). The number of carbonyl (C=O) groups is 1. The van der Waals surface area contributed by atoms with Crippen LogP contribution in [0.3, 0.4) is 0 Å². The predicted molar refractivity (Wildman–Crippen MR) is 81.6 cm³/mol. The van der Waals surface area contributed by atoms with Crippen molar-refractivity contribution in [3.05, 3.63) is 17.5 Å². The molecule has 2 fully saturated rings. The van der Waals surface area contributed by atoms with E-state index >= 15 is 0 Å². The van der Waals surface area contributed by atoms with E-state index in [0.717, 1.165) is 32.5 Å². The summed E-state index contributed by atoms with van der Waals surface area (Å²) < 4.78 is 1.96. The van der Waals surface area contributed by atoms with Gasteiger partial charge in [0.2, 0.25) is 5.91 Å². The summed E-state index contributed by atoms with van der Waals surface area (Å²) in [5, 5.41) is 4.72. The van der Waals surface area contributed by atoms with Gasteiger partial charge >= 0.3 is 0 Å². The molecule has 2 N–H and O–H groups in total. The lowest BCUT2D eigenvalue weighted by Gasteiger charge is -2.30. The maximum atomic E-state index is 11.2. The summed E-state index contributed by atoms with van der Waals surface area (Å²) in [6.45, 7) is 2.89. The summed E-state index contributed by atoms with van der Waals surface area (Å²) in [7, 11) is 2.02. The Morgan fingerprint density at radius 2 is 1.95 bits per heavy atom. The molecule has 2 aliphatic rings. The minimum absolute atomic E-state index is 0.0736. The molecule has 21 heavy (non-hydrogen) atoms. The minimum atomic E-state index is -0.136. The molecule has 0 radical (unpaired) electrons. The van der Waals surface area contributed by atoms with Gasteiger partial charge in [-0.25, -0.2) is 0 Å². The largest absolute Gasteiger partial charge is 0.369 e. The number of hydrogen-bond acceptors (Lipinski definition) is 3. The van der Waals surface area contributed by atoms with Gasteiger partial charge in [0.1, 0.15) is 0 Å². The van der Waals surface area contributed by atoms with E-state index in [0.29, 0.717) is 5.92 Å². The number of nitrogens with zero attached hydrogens (tertiary/aromatic N) is 3. The third-order valence-electron chi connectivity index (χ3n) is 5.06. The molecular weight excluding hydrogens is 264 g/mol. The van der Waals surface area contributed by atoms with Gasteiger partial charge < -0.3 is 5.73 Å². The van der Waals surface area contributed by atoms with Gasteiger partial charge in [-0.2, -0.15) is 5.10 Å². The zero-order valence-corrected chi connectivity index (χ0v) is 12.9. The molecule has 5 heteroatoms. The molecule has 5 nitrogen and oxygen atoms in total. The van der Waals surface area contributed by atoms with Gasteiger partial charge in [-0.3, -0.25) is 14.4 Å². The van der Waals surface area contributed by atoms with Crippen molar-refractivity contribution < 1.29 is 4.79 Å². The normalized spacial score (nSPS) is 22.0. The van der Waals surface area contributed by atoms with E-state index in [1.165, 1.54) is 36.9 Å². The van der Waals surface area contributed by atoms with Crippen LogP contribution in [0.15, 0.2) is 6.20 Å². The molecular formula is C16H26N4O. The average Bonchev–Trinajstić information content (AvgIpc) is 3.09. The number of piperidine rings is 1. The lowest BCUT2D eigenvalue weighted by molar-refractivity contribution is -0.123. The van der Waals surface area contributed by atoms with Crippen molar-refractivity contribution in [2.24, 2.45) is 18.7 Å². The second kappa shape index (κ2) is 6.18. The van der Waals surface area contributed by atoms with Crippen LogP contribution in [0.1, 0.15) is 55.7 Å². The molecule has 1 aromatic heterocycles. The third kappa shape index (κ3) is 3.28. The van der Waals surface area contributed by atoms with Crippen LogP contribution in [0, 0.1) is 5.92 Å². The topological polar surface area (TPSA) is 64.2 Å². The van der Waals surface area contributed by atoms with Crippen LogP contribution >= 0.6 is 0 Å². The van der Waals surface area contributed by atoms with Crippen molar-refractivity contribution in [1.82, 2.24) is 14.7 Å². The summed E-state index contributed by atoms with van der Waals surface area (Å²) in [5.41, 5.74) is 8.09. The van der Waals surface area contributed by atoms with E-state index in [1.54, 1.807) is 0 Å². The average molecular weight is 290 g/mol. The van der Waals surface area contributed by atoms with Gasteiger partial charge in [0.15, 0.2) is 0 Å². The summed E-state index contributed by atoms with van der Waals surface area (Å²) in [6, 6.07) is 0. The first-order chi connectivity index (χ1) is 10.1. The highest BCUT2D eigenvalue weighted by molar-refractivity contribution is 5.76. The molecule has 0 spiro atoms. The summed E-state index contributed by atoms with van der Waals surface area (Å²) in [6.07, 6.45) is 9.22. The third-order valence-corrected chi connectivity index (χ3v) is 5.06. The molecule has 1 saturated carbocycles. The van der Waals surface area contributed by atoms with Crippen molar-refractivity contribution in [2.45, 2.75) is 51.0 Å². The van der Waals surface area contributed by atoms with Crippen LogP contribution in [0.2, 0.25) is 0 Å². The first-order valence-electron chi connectivity index (χ1n) is 8.17. The first-order valence-corrected chi connectivity index (χ1v) is 8.17. The van der Waals surface area contributed by atoms with Crippen molar-refractivity contribution in [3.8, 4) is 0 Å². The summed E-state index contributed by atoms with van der Waals surface area (Å²) in [4.78, 5) is 13.7. The Morgan fingerprint density at radius 3 is 2.57 bits per heavy atom. The van der Waals surface area contributed by atoms with E-state index in [2.05, 4.69) is 11.1 Å². The zero-order chi connectivity index (χ0) is 14.8. The maximum Gasteiger partial charge on any atom is 0.220 e. The van der Waals surface area contributed by atoms with E-state index in [-0.39, 0.29) is 11.8 Å². The number of primary amides is 1. The number of hydrogen-bond donors (Lipinski definition) is 1. The van der Waals surface area contributed by atoms with Gasteiger partial charge in [0.25, 0.3) is 0 Å². The SMILES string of the molecule is Cn1cc(CN2CCC(C(N)=O)CC2)c(C2CCCC2)n1. The Hall–Kier alpha value is -1.36. The lowest BCUT2D eigenvalue weighted by atomic mass is 9.95. The molecule has 1 aromatic rings. The van der Waals surface area contributed by atoms with Gasteiger partial charge in [0.05, 0.1) is 5.69 Å². The number of aryl methyl sites for hydroxylation is 1. The zero-order valence-electron chi connectivity index (χ0n) is 12.9. The second-order valence-corrected chi connectivity index (χ2v) is 6.65. The van der Waals surface area contributed by atoms with Crippen LogP contribution in [-0.2, 0) is 18.4 Å². The van der Waals surface area contributed by atoms with Gasteiger partial charge in [0, 0.05) is 37.2 Å². The Balaban J connectivity index is 1.64. The molecule has 1 aliphatic carbocycles. The maximum absolute atomic E-state index is 11.2. The molecule has 0 unspecified atom stereocenters. The lowest BCUT2D eigenvalue weighted by Crippen LogP contribution is -2.38. The van der Waals surface area contributed by atoms with E-state index < -0.39 is 0 Å². The number of nitrogens with two attached hydrogens (primary N) is 1. The highest BCUT2D eigenvalue weighted by atomic mass is 16.1. The molecule has 2 heterocycles. The number of likely N-dealkylation sites (tertiary alicyclic amines) is 1. The van der Waals surface area contributed by atoms with Crippen molar-refractivity contribution >= 4 is 5.91 Å². The number of rotatable bonds is 4. The highest BCUT2D eigenvalue weighted by Gasteiger charge is 2.26. The molecule has 116 valence electrons. The Labute approximate surface area is 126 Å². The number of aromatic nitrogens is 2. The highest BCUT2D eigenvalue weighted by Crippen LogP contribution is 2.35. The first kappa shape index (κ1) is 14.6. The van der Waals surface area contributed by atoms with E-state index in [4.69, 9.17) is 10.8 Å². The van der Waals surface area contributed by atoms with Crippen LogP contribution in [0.5, 0.6) is 0 Å².